The molecule has 0 aliphatic carbocycles. The maximum absolute atomic E-state index is 12.7. The maximum atomic E-state index is 12.7. The van der Waals surface area contributed by atoms with Gasteiger partial charge in [-0.05, 0) is 36.8 Å². The molecule has 9 heteroatoms. The van der Waals surface area contributed by atoms with E-state index in [9.17, 15) is 4.79 Å². The van der Waals surface area contributed by atoms with E-state index in [1.807, 2.05) is 37.3 Å². The zero-order valence-electron chi connectivity index (χ0n) is 16.8. The number of nitrogens with one attached hydrogen (secondary N) is 1. The summed E-state index contributed by atoms with van der Waals surface area (Å²) in [5.74, 6) is 3.77. The minimum absolute atomic E-state index is 0.161. The first-order chi connectivity index (χ1) is 15.2. The first-order valence-corrected chi connectivity index (χ1v) is 11.0. The Labute approximate surface area is 182 Å². The fraction of sp³-hybridized carbons (Fsp3) is 0.227. The summed E-state index contributed by atoms with van der Waals surface area (Å²) in [6.07, 6.45) is 5.02. The molecule has 1 aliphatic rings. The van der Waals surface area contributed by atoms with Crippen molar-refractivity contribution in [2.75, 3.05) is 19.1 Å². The summed E-state index contributed by atoms with van der Waals surface area (Å²) in [5, 5.41) is 7.41. The summed E-state index contributed by atoms with van der Waals surface area (Å²) in [6, 6.07) is 9.55. The van der Waals surface area contributed by atoms with Crippen LogP contribution in [-0.2, 0) is 5.75 Å². The highest BCUT2D eigenvalue weighted by atomic mass is 32.2. The smallest absolute Gasteiger partial charge is 0.254 e. The number of hydrogen-bond donors (Lipinski definition) is 1. The van der Waals surface area contributed by atoms with E-state index >= 15 is 0 Å². The molecule has 0 saturated carbocycles. The Hall–Kier alpha value is -3.46. The lowest BCUT2D eigenvalue weighted by Gasteiger charge is -2.09. The molecule has 3 aromatic heterocycles. The normalized spacial score (nSPS) is 12.4. The van der Waals surface area contributed by atoms with Gasteiger partial charge in [-0.15, -0.1) is 0 Å². The largest absolute Gasteiger partial charge is 0.468 e. The highest BCUT2D eigenvalue weighted by Gasteiger charge is 2.19. The summed E-state index contributed by atoms with van der Waals surface area (Å²) in [4.78, 5) is 17.2. The van der Waals surface area contributed by atoms with E-state index in [2.05, 4.69) is 15.4 Å². The van der Waals surface area contributed by atoms with Crippen molar-refractivity contribution in [3.05, 3.63) is 66.0 Å². The van der Waals surface area contributed by atoms with Crippen LogP contribution in [0.15, 0.2) is 53.4 Å². The van der Waals surface area contributed by atoms with Gasteiger partial charge >= 0.3 is 0 Å². The number of fused-ring (bicyclic) bond motifs is 2. The molecule has 0 spiro atoms. The maximum Gasteiger partial charge on any atom is 0.254 e. The van der Waals surface area contributed by atoms with Crippen LogP contribution in [-0.4, -0.2) is 39.6 Å². The van der Waals surface area contributed by atoms with Gasteiger partial charge in [0.05, 0.1) is 29.5 Å². The average Bonchev–Trinajstić information content (AvgIpc) is 3.53. The van der Waals surface area contributed by atoms with Crippen molar-refractivity contribution in [2.45, 2.75) is 12.7 Å². The molecule has 0 saturated heterocycles. The second-order valence-electron chi connectivity index (χ2n) is 7.01. The van der Waals surface area contributed by atoms with Gasteiger partial charge in [0.15, 0.2) is 17.1 Å². The summed E-state index contributed by atoms with van der Waals surface area (Å²) < 4.78 is 17.8. The highest BCUT2D eigenvalue weighted by molar-refractivity contribution is 7.98. The Kier molecular flexibility index (Phi) is 5.25. The second kappa shape index (κ2) is 8.35. The van der Waals surface area contributed by atoms with E-state index < -0.39 is 0 Å². The van der Waals surface area contributed by atoms with E-state index in [-0.39, 0.29) is 12.7 Å². The van der Waals surface area contributed by atoms with Gasteiger partial charge in [-0.1, -0.05) is 6.07 Å². The van der Waals surface area contributed by atoms with Crippen molar-refractivity contribution in [2.24, 2.45) is 0 Å². The molecular weight excluding hydrogens is 416 g/mol. The Morgan fingerprint density at radius 3 is 3.00 bits per heavy atom. The van der Waals surface area contributed by atoms with Crippen LogP contribution < -0.4 is 14.8 Å². The van der Waals surface area contributed by atoms with Crippen LogP contribution >= 0.6 is 11.8 Å². The van der Waals surface area contributed by atoms with E-state index in [0.717, 1.165) is 39.8 Å². The summed E-state index contributed by atoms with van der Waals surface area (Å²) in [7, 11) is 0. The van der Waals surface area contributed by atoms with Gasteiger partial charge in [0.2, 0.25) is 6.79 Å². The Balaban J connectivity index is 1.28. The Morgan fingerprint density at radius 2 is 2.13 bits per heavy atom. The third kappa shape index (κ3) is 3.84. The number of amides is 1. The first kappa shape index (κ1) is 19.5. The summed E-state index contributed by atoms with van der Waals surface area (Å²) in [5.41, 5.74) is 3.71. The fourth-order valence-electron chi connectivity index (χ4n) is 3.43. The number of carbonyl (C=O) groups is 1. The van der Waals surface area contributed by atoms with Gasteiger partial charge in [0, 0.05) is 24.1 Å². The molecule has 1 N–H and O–H groups in total. The van der Waals surface area contributed by atoms with Crippen LogP contribution in [0.4, 0.5) is 0 Å². The van der Waals surface area contributed by atoms with Crippen molar-refractivity contribution in [3.63, 3.8) is 0 Å². The van der Waals surface area contributed by atoms with Crippen LogP contribution in [0, 0.1) is 6.92 Å². The van der Waals surface area contributed by atoms with Gasteiger partial charge in [-0.25, -0.2) is 9.50 Å². The van der Waals surface area contributed by atoms with Crippen molar-refractivity contribution in [3.8, 4) is 22.6 Å². The molecule has 0 fully saturated rings. The summed E-state index contributed by atoms with van der Waals surface area (Å²) >= 11 is 1.70. The number of ether oxygens (including phenoxy) is 2. The van der Waals surface area contributed by atoms with Gasteiger partial charge in [-0.3, -0.25) is 4.79 Å². The predicted molar refractivity (Wildman–Crippen MR) is 116 cm³/mol. The lowest BCUT2D eigenvalue weighted by molar-refractivity contribution is 0.0954. The number of rotatable bonds is 7. The monoisotopic (exact) mass is 436 g/mol. The number of thioether (sulfide) groups is 1. The molecule has 4 aromatic rings. The van der Waals surface area contributed by atoms with Gasteiger partial charge in [0.1, 0.15) is 5.76 Å². The molecule has 4 heterocycles. The molecule has 31 heavy (non-hydrogen) atoms. The zero-order valence-corrected chi connectivity index (χ0v) is 17.6. The third-order valence-electron chi connectivity index (χ3n) is 5.05. The molecule has 0 atom stereocenters. The first-order valence-electron chi connectivity index (χ1n) is 9.82. The van der Waals surface area contributed by atoms with E-state index in [1.165, 1.54) is 0 Å². The number of benzene rings is 1. The van der Waals surface area contributed by atoms with E-state index in [4.69, 9.17) is 13.9 Å². The SMILES string of the molecule is Cc1c(C(=O)NCCSCc2ccco2)cnc2c(-c3ccc4c(c3)OCO4)cnn12. The lowest BCUT2D eigenvalue weighted by Crippen LogP contribution is -2.27. The quantitative estimate of drug-likeness (QED) is 0.442. The van der Waals surface area contributed by atoms with Gasteiger partial charge < -0.3 is 19.2 Å². The van der Waals surface area contributed by atoms with Gasteiger partial charge in [0.25, 0.3) is 5.91 Å². The van der Waals surface area contributed by atoms with Gasteiger partial charge in [-0.2, -0.15) is 16.9 Å². The zero-order chi connectivity index (χ0) is 21.2. The standard InChI is InChI=1S/C22H20N4O4S/c1-14-17(22(27)23-6-8-31-12-16-3-2-7-28-16)10-24-21-18(11-25-26(14)21)15-4-5-19-20(9-15)30-13-29-19/h2-5,7,9-11H,6,8,12-13H2,1H3,(H,23,27). The van der Waals surface area contributed by atoms with Crippen LogP contribution in [0.2, 0.25) is 0 Å². The Morgan fingerprint density at radius 1 is 1.23 bits per heavy atom. The van der Waals surface area contributed by atoms with E-state index in [1.54, 1.807) is 34.9 Å². The van der Waals surface area contributed by atoms with Crippen molar-refractivity contribution < 1.29 is 18.7 Å². The molecule has 1 amide bonds. The fourth-order valence-corrected chi connectivity index (χ4v) is 4.19. The molecule has 8 nitrogen and oxygen atoms in total. The minimum Gasteiger partial charge on any atom is -0.468 e. The molecule has 0 bridgehead atoms. The predicted octanol–water partition coefficient (Wildman–Crippen LogP) is 3.69. The summed E-state index contributed by atoms with van der Waals surface area (Å²) in [6.45, 7) is 2.65. The molecule has 1 aromatic carbocycles. The van der Waals surface area contributed by atoms with Crippen molar-refractivity contribution in [1.29, 1.82) is 0 Å². The number of carbonyl (C=O) groups excluding carboxylic acids is 1. The number of hydrogen-bond acceptors (Lipinski definition) is 7. The molecule has 158 valence electrons. The van der Waals surface area contributed by atoms with Crippen molar-refractivity contribution >= 4 is 23.3 Å². The lowest BCUT2D eigenvalue weighted by atomic mass is 10.1. The third-order valence-corrected chi connectivity index (χ3v) is 6.03. The van der Waals surface area contributed by atoms with Crippen LogP contribution in [0.25, 0.3) is 16.8 Å². The van der Waals surface area contributed by atoms with Crippen LogP contribution in [0.3, 0.4) is 0 Å². The molecule has 0 radical (unpaired) electrons. The molecule has 1 aliphatic heterocycles. The number of aryl methyl sites for hydroxylation is 1. The number of aromatic nitrogens is 3. The van der Waals surface area contributed by atoms with Crippen LogP contribution in [0.5, 0.6) is 11.5 Å². The van der Waals surface area contributed by atoms with Crippen molar-refractivity contribution in [1.82, 2.24) is 19.9 Å². The van der Waals surface area contributed by atoms with Crippen LogP contribution in [0.1, 0.15) is 21.8 Å². The number of furan rings is 1. The number of nitrogens with zero attached hydrogens (tertiary/aromatic N) is 3. The van der Waals surface area contributed by atoms with E-state index in [0.29, 0.717) is 23.5 Å². The highest BCUT2D eigenvalue weighted by Crippen LogP contribution is 2.36. The molecule has 0 unspecified atom stereocenters. The minimum atomic E-state index is -0.161. The average molecular weight is 436 g/mol. The molecule has 5 rings (SSSR count). The molecular formula is C22H20N4O4S. The Bertz CT molecular complexity index is 1240. The second-order valence-corrected chi connectivity index (χ2v) is 8.11. The topological polar surface area (TPSA) is 90.9 Å².